The van der Waals surface area contributed by atoms with Crippen molar-refractivity contribution in [1.29, 1.82) is 0 Å². The van der Waals surface area contributed by atoms with Gasteiger partial charge in [-0.3, -0.25) is 4.79 Å². The molecule has 0 bridgehead atoms. The highest BCUT2D eigenvalue weighted by atomic mass is 16.6. The van der Waals surface area contributed by atoms with E-state index in [1.54, 1.807) is 0 Å². The molecule has 0 radical (unpaired) electrons. The highest BCUT2D eigenvalue weighted by Crippen LogP contribution is 2.36. The molecule has 2 N–H and O–H groups in total. The Balaban J connectivity index is 1.57. The molecule has 2 fully saturated rings. The number of esters is 1. The van der Waals surface area contributed by atoms with E-state index in [0.717, 1.165) is 67.7 Å². The van der Waals surface area contributed by atoms with E-state index in [-0.39, 0.29) is 5.97 Å². The van der Waals surface area contributed by atoms with Crippen LogP contribution >= 0.6 is 0 Å². The lowest BCUT2D eigenvalue weighted by molar-refractivity contribution is -0.155. The van der Waals surface area contributed by atoms with Crippen LogP contribution in [-0.2, 0) is 9.53 Å². The zero-order valence-electron chi connectivity index (χ0n) is 19.4. The second-order valence-electron chi connectivity index (χ2n) is 10.3. The van der Waals surface area contributed by atoms with Crippen LogP contribution in [0.25, 0.3) is 10.8 Å². The fourth-order valence-corrected chi connectivity index (χ4v) is 4.84. The van der Waals surface area contributed by atoms with Gasteiger partial charge >= 0.3 is 5.97 Å². The Labute approximate surface area is 185 Å². The maximum Gasteiger partial charge on any atom is 0.306 e. The smallest absolute Gasteiger partial charge is 0.306 e. The number of nitrogens with two attached hydrogens (primary N) is 1. The van der Waals surface area contributed by atoms with Crippen molar-refractivity contribution in [1.82, 2.24) is 9.88 Å². The molecule has 0 spiro atoms. The molecule has 2 saturated heterocycles. The van der Waals surface area contributed by atoms with Crippen LogP contribution in [0.4, 0.5) is 11.5 Å². The lowest BCUT2D eigenvalue weighted by Gasteiger charge is -2.30. The Morgan fingerprint density at radius 2 is 1.90 bits per heavy atom. The van der Waals surface area contributed by atoms with Gasteiger partial charge in [0.1, 0.15) is 11.4 Å². The number of hydrogen-bond donors (Lipinski definition) is 1. The Kier molecular flexibility index (Phi) is 6.11. The number of likely N-dealkylation sites (tertiary alicyclic amines) is 1. The number of hydrogen-bond acceptors (Lipinski definition) is 6. The van der Waals surface area contributed by atoms with Gasteiger partial charge in [-0.15, -0.1) is 0 Å². The van der Waals surface area contributed by atoms with Crippen molar-refractivity contribution in [3.63, 3.8) is 0 Å². The second-order valence-corrected chi connectivity index (χ2v) is 10.3. The zero-order chi connectivity index (χ0) is 22.2. The molecule has 2 aliphatic rings. The quantitative estimate of drug-likeness (QED) is 0.586. The second kappa shape index (κ2) is 8.65. The van der Waals surface area contributed by atoms with E-state index in [4.69, 9.17) is 15.5 Å². The molecule has 6 heteroatoms. The van der Waals surface area contributed by atoms with Gasteiger partial charge in [0.2, 0.25) is 0 Å². The first-order chi connectivity index (χ1) is 14.7. The van der Waals surface area contributed by atoms with Crippen LogP contribution in [-0.4, -0.2) is 54.7 Å². The van der Waals surface area contributed by atoms with Crippen LogP contribution in [0.1, 0.15) is 58.1 Å². The van der Waals surface area contributed by atoms with E-state index in [1.807, 2.05) is 26.8 Å². The largest absolute Gasteiger partial charge is 0.460 e. The van der Waals surface area contributed by atoms with Crippen molar-refractivity contribution in [2.24, 2.45) is 5.92 Å². The molecule has 168 valence electrons. The number of rotatable bonds is 4. The molecular weight excluding hydrogens is 388 g/mol. The lowest BCUT2D eigenvalue weighted by atomic mass is 9.92. The minimum absolute atomic E-state index is 0.106. The molecule has 1 aromatic heterocycles. The third-order valence-electron chi connectivity index (χ3n) is 6.45. The van der Waals surface area contributed by atoms with Crippen molar-refractivity contribution in [2.45, 2.75) is 58.0 Å². The minimum Gasteiger partial charge on any atom is -0.460 e. The summed E-state index contributed by atoms with van der Waals surface area (Å²) in [5.41, 5.74) is 7.63. The normalized spacial score (nSPS) is 21.0. The summed E-state index contributed by atoms with van der Waals surface area (Å²) in [6, 6.07) is 8.34. The molecular formula is C25H36N4O2. The van der Waals surface area contributed by atoms with Crippen molar-refractivity contribution in [3.8, 4) is 0 Å². The van der Waals surface area contributed by atoms with Gasteiger partial charge in [-0.1, -0.05) is 0 Å². The summed E-state index contributed by atoms with van der Waals surface area (Å²) < 4.78 is 5.54. The molecule has 1 atom stereocenters. The van der Waals surface area contributed by atoms with Crippen LogP contribution in [0.2, 0.25) is 0 Å². The van der Waals surface area contributed by atoms with Crippen LogP contribution in [0.3, 0.4) is 0 Å². The highest BCUT2D eigenvalue weighted by molar-refractivity contribution is 5.94. The summed E-state index contributed by atoms with van der Waals surface area (Å²) in [7, 11) is 2.19. The van der Waals surface area contributed by atoms with E-state index in [0.29, 0.717) is 18.3 Å². The Hall–Kier alpha value is -2.34. The molecule has 3 heterocycles. The van der Waals surface area contributed by atoms with Crippen molar-refractivity contribution >= 4 is 28.2 Å². The summed E-state index contributed by atoms with van der Waals surface area (Å²) >= 11 is 0. The number of fused-ring (bicyclic) bond motifs is 1. The lowest BCUT2D eigenvalue weighted by Crippen LogP contribution is -2.30. The molecule has 1 aromatic carbocycles. The Morgan fingerprint density at radius 3 is 2.61 bits per heavy atom. The molecule has 6 nitrogen and oxygen atoms in total. The molecule has 4 rings (SSSR count). The van der Waals surface area contributed by atoms with Crippen molar-refractivity contribution in [3.05, 3.63) is 30.0 Å². The summed E-state index contributed by atoms with van der Waals surface area (Å²) in [6.45, 7) is 9.72. The van der Waals surface area contributed by atoms with Gasteiger partial charge in [-0.2, -0.15) is 0 Å². The third kappa shape index (κ3) is 5.29. The van der Waals surface area contributed by atoms with Gasteiger partial charge in [-0.25, -0.2) is 4.98 Å². The predicted octanol–water partition coefficient (Wildman–Crippen LogP) is 4.18. The molecule has 2 aromatic rings. The van der Waals surface area contributed by atoms with Gasteiger partial charge in [0.25, 0.3) is 0 Å². The summed E-state index contributed by atoms with van der Waals surface area (Å²) in [4.78, 5) is 22.2. The van der Waals surface area contributed by atoms with E-state index in [9.17, 15) is 4.79 Å². The maximum absolute atomic E-state index is 12.3. The summed E-state index contributed by atoms with van der Waals surface area (Å²) in [6.07, 6.45) is 3.72. The first-order valence-corrected chi connectivity index (χ1v) is 11.5. The van der Waals surface area contributed by atoms with Crippen molar-refractivity contribution in [2.75, 3.05) is 43.9 Å². The molecule has 0 saturated carbocycles. The number of nitrogen functional groups attached to an aromatic ring is 1. The average molecular weight is 425 g/mol. The standard InChI is InChI=1S/C25H36N4O2/c1-25(2,3)31-23(30)13-17-7-12-29(16-17)24-21-6-5-20(26)14-19(21)15-22(27-24)18-8-10-28(4)11-9-18/h5-6,14-15,17-18H,7-13,16,26H2,1-4H3/t17-/m0/s1. The number of nitrogens with zero attached hydrogens (tertiary/aromatic N) is 3. The number of aromatic nitrogens is 1. The van der Waals surface area contributed by atoms with Crippen LogP contribution in [0.15, 0.2) is 24.3 Å². The highest BCUT2D eigenvalue weighted by Gasteiger charge is 2.29. The number of carbonyl (C=O) groups excluding carboxylic acids is 1. The van der Waals surface area contributed by atoms with Gasteiger partial charge in [0.05, 0.1) is 6.42 Å². The number of pyridine rings is 1. The Bertz CT molecular complexity index is 944. The average Bonchev–Trinajstić information content (AvgIpc) is 3.14. The number of carbonyl (C=O) groups is 1. The maximum atomic E-state index is 12.3. The summed E-state index contributed by atoms with van der Waals surface area (Å²) in [5.74, 6) is 1.72. The number of ether oxygens (including phenoxy) is 1. The molecule has 31 heavy (non-hydrogen) atoms. The van der Waals surface area contributed by atoms with Gasteiger partial charge in [0.15, 0.2) is 0 Å². The molecule has 2 aliphatic heterocycles. The fourth-order valence-electron chi connectivity index (χ4n) is 4.84. The molecule has 0 unspecified atom stereocenters. The predicted molar refractivity (Wildman–Crippen MR) is 126 cm³/mol. The number of anilines is 2. The Morgan fingerprint density at radius 1 is 1.16 bits per heavy atom. The van der Waals surface area contributed by atoms with E-state index in [2.05, 4.69) is 35.0 Å². The first-order valence-electron chi connectivity index (χ1n) is 11.5. The summed E-state index contributed by atoms with van der Waals surface area (Å²) in [5, 5.41) is 2.30. The van der Waals surface area contributed by atoms with Crippen molar-refractivity contribution < 1.29 is 9.53 Å². The van der Waals surface area contributed by atoms with E-state index >= 15 is 0 Å². The van der Waals surface area contributed by atoms with Gasteiger partial charge in [-0.05, 0) is 95.7 Å². The fraction of sp³-hybridized carbons (Fsp3) is 0.600. The molecule has 0 amide bonds. The van der Waals surface area contributed by atoms with E-state index in [1.165, 1.54) is 5.69 Å². The first kappa shape index (κ1) is 21.9. The number of benzene rings is 1. The van der Waals surface area contributed by atoms with Gasteiger partial charge < -0.3 is 20.3 Å². The van der Waals surface area contributed by atoms with Gasteiger partial charge in [0, 0.05) is 35.8 Å². The number of piperidine rings is 1. The minimum atomic E-state index is -0.435. The van der Waals surface area contributed by atoms with Crippen LogP contribution < -0.4 is 10.6 Å². The third-order valence-corrected chi connectivity index (χ3v) is 6.45. The zero-order valence-corrected chi connectivity index (χ0v) is 19.4. The molecule has 0 aliphatic carbocycles. The topological polar surface area (TPSA) is 71.7 Å². The SMILES string of the molecule is CN1CCC(c2cc3cc(N)ccc3c(N3CC[C@@H](CC(=O)OC(C)(C)C)C3)n2)CC1. The van der Waals surface area contributed by atoms with E-state index < -0.39 is 5.60 Å². The monoisotopic (exact) mass is 424 g/mol. The van der Waals surface area contributed by atoms with Crippen LogP contribution in [0.5, 0.6) is 0 Å². The van der Waals surface area contributed by atoms with Crippen LogP contribution in [0, 0.1) is 5.92 Å².